The van der Waals surface area contributed by atoms with Crippen molar-refractivity contribution < 1.29 is 14.6 Å². The molecule has 100 valence electrons. The van der Waals surface area contributed by atoms with Gasteiger partial charge < -0.3 is 19.9 Å². The number of halogens is 1. The molecule has 1 aliphatic rings. The lowest BCUT2D eigenvalue weighted by Gasteiger charge is -2.25. The predicted octanol–water partition coefficient (Wildman–Crippen LogP) is 1.97. The van der Waals surface area contributed by atoms with Crippen LogP contribution in [0.2, 0.25) is 5.02 Å². The highest BCUT2D eigenvalue weighted by Crippen LogP contribution is 2.38. The number of rotatable bonds is 4. The Hall–Kier alpha value is -0.970. The fraction of sp³-hybridized carbons (Fsp3) is 0.538. The van der Waals surface area contributed by atoms with Crippen LogP contribution in [0.3, 0.4) is 0 Å². The lowest BCUT2D eigenvalue weighted by Crippen LogP contribution is -2.42. The summed E-state index contributed by atoms with van der Waals surface area (Å²) in [6.45, 7) is 5.64. The second kappa shape index (κ2) is 5.34. The minimum atomic E-state index is -0.320. The molecule has 0 atom stereocenters. The molecule has 0 aliphatic carbocycles. The van der Waals surface area contributed by atoms with Gasteiger partial charge in [0.15, 0.2) is 11.5 Å². The van der Waals surface area contributed by atoms with E-state index in [1.807, 2.05) is 26.0 Å². The van der Waals surface area contributed by atoms with Gasteiger partial charge in [0.2, 0.25) is 0 Å². The van der Waals surface area contributed by atoms with Gasteiger partial charge >= 0.3 is 0 Å². The van der Waals surface area contributed by atoms with Crippen molar-refractivity contribution in [2.45, 2.75) is 25.9 Å². The SMILES string of the molecule is CC(C)(CO)NCc1cc(Cl)c2c(c1)OCCO2. The van der Waals surface area contributed by atoms with E-state index in [0.29, 0.717) is 36.3 Å². The Kier molecular flexibility index (Phi) is 4.00. The zero-order chi connectivity index (χ0) is 13.2. The van der Waals surface area contributed by atoms with Crippen molar-refractivity contribution in [1.82, 2.24) is 5.32 Å². The van der Waals surface area contributed by atoms with Gasteiger partial charge in [0.1, 0.15) is 13.2 Å². The predicted molar refractivity (Wildman–Crippen MR) is 70.4 cm³/mol. The van der Waals surface area contributed by atoms with Gasteiger partial charge in [0.05, 0.1) is 11.6 Å². The summed E-state index contributed by atoms with van der Waals surface area (Å²) in [5, 5.41) is 13.0. The molecule has 2 N–H and O–H groups in total. The summed E-state index contributed by atoms with van der Waals surface area (Å²) in [4.78, 5) is 0. The third-order valence-corrected chi connectivity index (χ3v) is 3.10. The maximum Gasteiger partial charge on any atom is 0.179 e. The second-order valence-corrected chi connectivity index (χ2v) is 5.40. The number of hydrogen-bond acceptors (Lipinski definition) is 4. The third-order valence-electron chi connectivity index (χ3n) is 2.82. The number of ether oxygens (including phenoxy) is 2. The highest BCUT2D eigenvalue weighted by atomic mass is 35.5. The van der Waals surface area contributed by atoms with E-state index < -0.39 is 0 Å². The largest absolute Gasteiger partial charge is 0.486 e. The first-order chi connectivity index (χ1) is 8.52. The summed E-state index contributed by atoms with van der Waals surface area (Å²) in [6.07, 6.45) is 0. The number of aliphatic hydroxyl groups is 1. The van der Waals surface area contributed by atoms with Crippen LogP contribution in [0.15, 0.2) is 12.1 Å². The molecule has 1 aromatic carbocycles. The maximum absolute atomic E-state index is 9.19. The van der Waals surface area contributed by atoms with Gasteiger partial charge in [0.25, 0.3) is 0 Å². The van der Waals surface area contributed by atoms with Crippen molar-refractivity contribution in [1.29, 1.82) is 0 Å². The molecule has 0 amide bonds. The Balaban J connectivity index is 2.12. The lowest BCUT2D eigenvalue weighted by atomic mass is 10.1. The van der Waals surface area contributed by atoms with Gasteiger partial charge in [0, 0.05) is 12.1 Å². The van der Waals surface area contributed by atoms with Crippen LogP contribution in [-0.4, -0.2) is 30.5 Å². The van der Waals surface area contributed by atoms with E-state index in [0.717, 1.165) is 5.56 Å². The maximum atomic E-state index is 9.19. The molecular formula is C13H18ClNO3. The molecule has 1 aromatic rings. The lowest BCUT2D eigenvalue weighted by molar-refractivity contribution is 0.171. The molecule has 5 heteroatoms. The number of nitrogens with one attached hydrogen (secondary N) is 1. The fourth-order valence-electron chi connectivity index (χ4n) is 1.66. The van der Waals surface area contributed by atoms with E-state index in [1.54, 1.807) is 0 Å². The monoisotopic (exact) mass is 271 g/mol. The quantitative estimate of drug-likeness (QED) is 0.879. The number of hydrogen-bond donors (Lipinski definition) is 2. The van der Waals surface area contributed by atoms with Crippen molar-refractivity contribution >= 4 is 11.6 Å². The molecule has 0 bridgehead atoms. The third kappa shape index (κ3) is 3.07. The molecule has 0 unspecified atom stereocenters. The van der Waals surface area contributed by atoms with Crippen LogP contribution in [-0.2, 0) is 6.54 Å². The van der Waals surface area contributed by atoms with E-state index in [2.05, 4.69) is 5.32 Å². The van der Waals surface area contributed by atoms with Crippen molar-refractivity contribution in [2.24, 2.45) is 0 Å². The summed E-state index contributed by atoms with van der Waals surface area (Å²) in [6, 6.07) is 3.77. The summed E-state index contributed by atoms with van der Waals surface area (Å²) in [7, 11) is 0. The number of fused-ring (bicyclic) bond motifs is 1. The minimum Gasteiger partial charge on any atom is -0.486 e. The van der Waals surface area contributed by atoms with Crippen LogP contribution in [0.25, 0.3) is 0 Å². The number of benzene rings is 1. The Labute approximate surface area is 112 Å². The van der Waals surface area contributed by atoms with Crippen molar-refractivity contribution in [3.05, 3.63) is 22.7 Å². The van der Waals surface area contributed by atoms with Crippen LogP contribution < -0.4 is 14.8 Å². The zero-order valence-electron chi connectivity index (χ0n) is 10.6. The topological polar surface area (TPSA) is 50.7 Å². The first-order valence-electron chi connectivity index (χ1n) is 5.96. The van der Waals surface area contributed by atoms with Gasteiger partial charge in [-0.1, -0.05) is 11.6 Å². The van der Waals surface area contributed by atoms with Crippen LogP contribution in [0, 0.1) is 0 Å². The Morgan fingerprint density at radius 2 is 2.06 bits per heavy atom. The summed E-state index contributed by atoms with van der Waals surface area (Å²) in [5.41, 5.74) is 0.686. The van der Waals surface area contributed by atoms with Gasteiger partial charge in [-0.25, -0.2) is 0 Å². The fourth-order valence-corrected chi connectivity index (χ4v) is 1.95. The standard InChI is InChI=1S/C13H18ClNO3/c1-13(2,8-16)15-7-9-5-10(14)12-11(6-9)17-3-4-18-12/h5-6,15-16H,3-4,7-8H2,1-2H3. The zero-order valence-corrected chi connectivity index (χ0v) is 11.4. The molecule has 1 aliphatic heterocycles. The average Bonchev–Trinajstić information content (AvgIpc) is 2.37. The minimum absolute atomic E-state index is 0.0747. The van der Waals surface area contributed by atoms with Crippen LogP contribution in [0.1, 0.15) is 19.4 Å². The molecular weight excluding hydrogens is 254 g/mol. The highest BCUT2D eigenvalue weighted by Gasteiger charge is 2.19. The van der Waals surface area contributed by atoms with Crippen LogP contribution in [0.5, 0.6) is 11.5 Å². The molecule has 0 spiro atoms. The second-order valence-electron chi connectivity index (χ2n) is 5.00. The summed E-state index contributed by atoms with van der Waals surface area (Å²) >= 11 is 6.15. The first-order valence-corrected chi connectivity index (χ1v) is 6.33. The van der Waals surface area contributed by atoms with E-state index in [4.69, 9.17) is 21.1 Å². The van der Waals surface area contributed by atoms with Crippen LogP contribution >= 0.6 is 11.6 Å². The van der Waals surface area contributed by atoms with E-state index in [9.17, 15) is 5.11 Å². The van der Waals surface area contributed by atoms with E-state index in [-0.39, 0.29) is 12.1 Å². The highest BCUT2D eigenvalue weighted by molar-refractivity contribution is 6.32. The molecule has 0 fully saturated rings. The van der Waals surface area contributed by atoms with Gasteiger partial charge in [-0.3, -0.25) is 0 Å². The average molecular weight is 272 g/mol. The molecule has 1 heterocycles. The summed E-state index contributed by atoms with van der Waals surface area (Å²) < 4.78 is 11.0. The molecule has 0 saturated carbocycles. The van der Waals surface area contributed by atoms with Gasteiger partial charge in [-0.15, -0.1) is 0 Å². The van der Waals surface area contributed by atoms with Crippen molar-refractivity contribution in [2.75, 3.05) is 19.8 Å². The molecule has 0 radical (unpaired) electrons. The van der Waals surface area contributed by atoms with Gasteiger partial charge in [-0.2, -0.15) is 0 Å². The normalized spacial score (nSPS) is 14.7. The van der Waals surface area contributed by atoms with Crippen LogP contribution in [0.4, 0.5) is 0 Å². The smallest absolute Gasteiger partial charge is 0.179 e. The Morgan fingerprint density at radius 3 is 2.78 bits per heavy atom. The van der Waals surface area contributed by atoms with E-state index >= 15 is 0 Å². The van der Waals surface area contributed by atoms with Crippen molar-refractivity contribution in [3.63, 3.8) is 0 Å². The van der Waals surface area contributed by atoms with Crippen molar-refractivity contribution in [3.8, 4) is 11.5 Å². The Morgan fingerprint density at radius 1 is 1.33 bits per heavy atom. The molecule has 18 heavy (non-hydrogen) atoms. The van der Waals surface area contributed by atoms with E-state index in [1.165, 1.54) is 0 Å². The molecule has 0 saturated heterocycles. The molecule has 2 rings (SSSR count). The first kappa shape index (κ1) is 13.5. The Bertz CT molecular complexity index is 434. The molecule has 4 nitrogen and oxygen atoms in total. The van der Waals surface area contributed by atoms with Gasteiger partial charge in [-0.05, 0) is 31.5 Å². The molecule has 0 aromatic heterocycles. The summed E-state index contributed by atoms with van der Waals surface area (Å²) in [5.74, 6) is 1.31. The number of aliphatic hydroxyl groups excluding tert-OH is 1.